The SMILES string of the molecule is CCn1c(C)cc(CNC(C)CCOC)c1C. The predicted octanol–water partition coefficient (Wildman–Crippen LogP) is 2.64. The van der Waals surface area contributed by atoms with Crippen LogP contribution in [-0.4, -0.2) is 24.3 Å². The molecular weight excluding hydrogens is 212 g/mol. The summed E-state index contributed by atoms with van der Waals surface area (Å²) in [7, 11) is 1.75. The highest BCUT2D eigenvalue weighted by atomic mass is 16.5. The van der Waals surface area contributed by atoms with Gasteiger partial charge in [0.05, 0.1) is 0 Å². The first-order chi connectivity index (χ1) is 8.10. The molecule has 1 heterocycles. The minimum atomic E-state index is 0.500. The zero-order valence-corrected chi connectivity index (χ0v) is 11.8. The highest BCUT2D eigenvalue weighted by molar-refractivity contribution is 5.26. The van der Waals surface area contributed by atoms with Crippen LogP contribution in [0.25, 0.3) is 0 Å². The number of nitrogens with zero attached hydrogens (tertiary/aromatic N) is 1. The van der Waals surface area contributed by atoms with Crippen LogP contribution >= 0.6 is 0 Å². The Kier molecular flexibility index (Phi) is 5.72. The molecule has 3 nitrogen and oxygen atoms in total. The van der Waals surface area contributed by atoms with Gasteiger partial charge in [0.1, 0.15) is 0 Å². The second-order valence-electron chi connectivity index (χ2n) is 4.70. The van der Waals surface area contributed by atoms with E-state index < -0.39 is 0 Å². The third-order valence-electron chi connectivity index (χ3n) is 3.39. The Labute approximate surface area is 105 Å². The third kappa shape index (κ3) is 3.86. The Hall–Kier alpha value is -0.800. The van der Waals surface area contributed by atoms with Gasteiger partial charge in [-0.2, -0.15) is 0 Å². The van der Waals surface area contributed by atoms with Crippen LogP contribution in [0.4, 0.5) is 0 Å². The highest BCUT2D eigenvalue weighted by Gasteiger charge is 2.08. The van der Waals surface area contributed by atoms with Gasteiger partial charge in [0.15, 0.2) is 0 Å². The molecule has 0 saturated heterocycles. The molecule has 0 radical (unpaired) electrons. The van der Waals surface area contributed by atoms with Gasteiger partial charge >= 0.3 is 0 Å². The largest absolute Gasteiger partial charge is 0.385 e. The number of hydrogen-bond donors (Lipinski definition) is 1. The third-order valence-corrected chi connectivity index (χ3v) is 3.39. The van der Waals surface area contributed by atoms with Gasteiger partial charge in [-0.3, -0.25) is 0 Å². The van der Waals surface area contributed by atoms with Crippen molar-refractivity contribution in [1.82, 2.24) is 9.88 Å². The first kappa shape index (κ1) is 14.3. The molecule has 0 aliphatic heterocycles. The standard InChI is InChI=1S/C14H26N2O/c1-6-16-12(3)9-14(13(16)4)10-15-11(2)7-8-17-5/h9,11,15H,6-8,10H2,1-5H3. The van der Waals surface area contributed by atoms with Crippen molar-refractivity contribution in [2.45, 2.75) is 53.2 Å². The second-order valence-corrected chi connectivity index (χ2v) is 4.70. The molecule has 1 aromatic heterocycles. The van der Waals surface area contributed by atoms with Crippen molar-refractivity contribution in [3.63, 3.8) is 0 Å². The molecule has 0 saturated carbocycles. The van der Waals surface area contributed by atoms with Gasteiger partial charge in [0.2, 0.25) is 0 Å². The van der Waals surface area contributed by atoms with Gasteiger partial charge in [-0.15, -0.1) is 0 Å². The zero-order valence-electron chi connectivity index (χ0n) is 11.8. The van der Waals surface area contributed by atoms with Gasteiger partial charge < -0.3 is 14.6 Å². The van der Waals surface area contributed by atoms with Gasteiger partial charge in [-0.25, -0.2) is 0 Å². The fourth-order valence-corrected chi connectivity index (χ4v) is 2.22. The maximum atomic E-state index is 5.08. The number of methoxy groups -OCH3 is 1. The smallest absolute Gasteiger partial charge is 0.0476 e. The van der Waals surface area contributed by atoms with E-state index in [1.165, 1.54) is 17.0 Å². The van der Waals surface area contributed by atoms with E-state index in [-0.39, 0.29) is 0 Å². The molecule has 3 heteroatoms. The lowest BCUT2D eigenvalue weighted by molar-refractivity contribution is 0.184. The average molecular weight is 238 g/mol. The zero-order chi connectivity index (χ0) is 12.8. The summed E-state index contributed by atoms with van der Waals surface area (Å²) in [6.07, 6.45) is 1.06. The maximum Gasteiger partial charge on any atom is 0.0476 e. The highest BCUT2D eigenvalue weighted by Crippen LogP contribution is 2.14. The summed E-state index contributed by atoms with van der Waals surface area (Å²) in [5.41, 5.74) is 4.15. The Morgan fingerprint density at radius 1 is 1.41 bits per heavy atom. The molecule has 0 amide bonds. The van der Waals surface area contributed by atoms with E-state index in [0.29, 0.717) is 6.04 Å². The molecule has 0 aromatic carbocycles. The molecule has 1 atom stereocenters. The fraction of sp³-hybridized carbons (Fsp3) is 0.714. The van der Waals surface area contributed by atoms with Gasteiger partial charge in [0.25, 0.3) is 0 Å². The van der Waals surface area contributed by atoms with Crippen molar-refractivity contribution in [2.24, 2.45) is 0 Å². The Morgan fingerprint density at radius 3 is 2.65 bits per heavy atom. The summed E-state index contributed by atoms with van der Waals surface area (Å²) < 4.78 is 7.44. The number of rotatable bonds is 7. The number of hydrogen-bond acceptors (Lipinski definition) is 2. The number of ether oxygens (including phenoxy) is 1. The summed E-state index contributed by atoms with van der Waals surface area (Å²) in [5.74, 6) is 0. The van der Waals surface area contributed by atoms with Crippen LogP contribution in [-0.2, 0) is 17.8 Å². The van der Waals surface area contributed by atoms with Crippen molar-refractivity contribution in [3.05, 3.63) is 23.0 Å². The lowest BCUT2D eigenvalue weighted by Crippen LogP contribution is -2.26. The molecular formula is C14H26N2O. The van der Waals surface area contributed by atoms with Crippen LogP contribution in [0, 0.1) is 13.8 Å². The fourth-order valence-electron chi connectivity index (χ4n) is 2.22. The quantitative estimate of drug-likeness (QED) is 0.790. The summed E-state index contributed by atoms with van der Waals surface area (Å²) in [4.78, 5) is 0. The molecule has 0 bridgehead atoms. The Morgan fingerprint density at radius 2 is 2.12 bits per heavy atom. The van der Waals surface area contributed by atoms with Crippen LogP contribution < -0.4 is 5.32 Å². The minimum absolute atomic E-state index is 0.500. The Balaban J connectivity index is 2.52. The van der Waals surface area contributed by atoms with E-state index in [0.717, 1.165) is 26.1 Å². The summed E-state index contributed by atoms with van der Waals surface area (Å²) in [6, 6.07) is 2.79. The van der Waals surface area contributed by atoms with Crippen LogP contribution in [0.2, 0.25) is 0 Å². The molecule has 1 aromatic rings. The van der Waals surface area contributed by atoms with Gasteiger partial charge in [-0.1, -0.05) is 0 Å². The van der Waals surface area contributed by atoms with E-state index in [9.17, 15) is 0 Å². The van der Waals surface area contributed by atoms with E-state index in [1.54, 1.807) is 7.11 Å². The minimum Gasteiger partial charge on any atom is -0.385 e. The van der Waals surface area contributed by atoms with Crippen molar-refractivity contribution in [3.8, 4) is 0 Å². The van der Waals surface area contributed by atoms with Crippen molar-refractivity contribution in [1.29, 1.82) is 0 Å². The molecule has 0 fully saturated rings. The van der Waals surface area contributed by atoms with E-state index >= 15 is 0 Å². The van der Waals surface area contributed by atoms with Gasteiger partial charge in [0, 0.05) is 44.2 Å². The molecule has 1 rings (SSSR count). The number of aromatic nitrogens is 1. The molecule has 0 aliphatic carbocycles. The Bertz CT molecular complexity index is 344. The van der Waals surface area contributed by atoms with E-state index in [2.05, 4.69) is 43.6 Å². The van der Waals surface area contributed by atoms with Crippen molar-refractivity contribution >= 4 is 0 Å². The molecule has 0 spiro atoms. The topological polar surface area (TPSA) is 26.2 Å². The van der Waals surface area contributed by atoms with Crippen molar-refractivity contribution in [2.75, 3.05) is 13.7 Å². The van der Waals surface area contributed by atoms with Crippen LogP contribution in [0.3, 0.4) is 0 Å². The first-order valence-corrected chi connectivity index (χ1v) is 6.48. The number of nitrogens with one attached hydrogen (secondary N) is 1. The first-order valence-electron chi connectivity index (χ1n) is 6.48. The lowest BCUT2D eigenvalue weighted by atomic mass is 10.2. The van der Waals surface area contributed by atoms with E-state index in [4.69, 9.17) is 4.74 Å². The molecule has 1 unspecified atom stereocenters. The molecule has 0 aliphatic rings. The monoisotopic (exact) mass is 238 g/mol. The normalized spacial score (nSPS) is 13.0. The predicted molar refractivity (Wildman–Crippen MR) is 72.4 cm³/mol. The van der Waals surface area contributed by atoms with Gasteiger partial charge in [-0.05, 0) is 45.7 Å². The van der Waals surface area contributed by atoms with E-state index in [1.807, 2.05) is 0 Å². The second kappa shape index (κ2) is 6.82. The summed E-state index contributed by atoms with van der Waals surface area (Å²) >= 11 is 0. The van der Waals surface area contributed by atoms with Crippen LogP contribution in [0.1, 0.15) is 37.2 Å². The lowest BCUT2D eigenvalue weighted by Gasteiger charge is -2.13. The summed E-state index contributed by atoms with van der Waals surface area (Å²) in [5, 5.41) is 3.55. The molecule has 98 valence electrons. The number of aryl methyl sites for hydroxylation is 1. The molecule has 17 heavy (non-hydrogen) atoms. The average Bonchev–Trinajstić information content (AvgIpc) is 2.58. The molecule has 1 N–H and O–H groups in total. The van der Waals surface area contributed by atoms with Crippen LogP contribution in [0.5, 0.6) is 0 Å². The van der Waals surface area contributed by atoms with Crippen LogP contribution in [0.15, 0.2) is 6.07 Å². The maximum absolute atomic E-state index is 5.08. The summed E-state index contributed by atoms with van der Waals surface area (Å²) in [6.45, 7) is 11.6. The van der Waals surface area contributed by atoms with Crippen molar-refractivity contribution < 1.29 is 4.74 Å².